The van der Waals surface area contributed by atoms with Crippen LogP contribution in [-0.4, -0.2) is 0 Å². The molecular formula is C31H38N2O2. The first-order valence-electron chi connectivity index (χ1n) is 12.6. The smallest absolute Gasteiger partial charge is 0.123 e. The van der Waals surface area contributed by atoms with E-state index in [0.29, 0.717) is 24.3 Å². The molecule has 0 unspecified atom stereocenters. The summed E-state index contributed by atoms with van der Waals surface area (Å²) < 4.78 is 12.1. The number of hydrogen-bond donors (Lipinski definition) is 0. The maximum Gasteiger partial charge on any atom is 0.123 e. The Hall–Kier alpha value is -3.76. The van der Waals surface area contributed by atoms with Gasteiger partial charge in [0.05, 0.1) is 23.3 Å². The molecular weight excluding hydrogens is 432 g/mol. The zero-order chi connectivity index (χ0) is 25.9. The highest BCUT2D eigenvalue weighted by atomic mass is 16.5. The zero-order valence-electron chi connectivity index (χ0n) is 21.8. The third kappa shape index (κ3) is 10.8. The van der Waals surface area contributed by atoms with Crippen LogP contribution in [0, 0.1) is 22.7 Å². The lowest BCUT2D eigenvalue weighted by atomic mass is 10.1. The molecule has 0 atom stereocenters. The molecule has 0 bridgehead atoms. The van der Waals surface area contributed by atoms with Crippen molar-refractivity contribution >= 4 is 0 Å². The van der Waals surface area contributed by atoms with E-state index in [9.17, 15) is 0 Å². The summed E-state index contributed by atoms with van der Waals surface area (Å²) in [6.07, 6.45) is 4.48. The average Bonchev–Trinajstić information content (AvgIpc) is 2.93. The van der Waals surface area contributed by atoms with E-state index in [2.05, 4.69) is 31.2 Å². The molecule has 0 saturated heterocycles. The lowest BCUT2D eigenvalue weighted by molar-refractivity contribution is 0.289. The van der Waals surface area contributed by atoms with Gasteiger partial charge in [-0.25, -0.2) is 0 Å². The van der Waals surface area contributed by atoms with Crippen LogP contribution in [0.15, 0.2) is 66.7 Å². The summed E-state index contributed by atoms with van der Waals surface area (Å²) in [5, 5.41) is 17.9. The van der Waals surface area contributed by atoms with Crippen LogP contribution in [0.5, 0.6) is 11.5 Å². The predicted molar refractivity (Wildman–Crippen MR) is 143 cm³/mol. The molecule has 0 heterocycles. The molecule has 0 fully saturated rings. The minimum absolute atomic E-state index is 0.430. The van der Waals surface area contributed by atoms with E-state index in [0.717, 1.165) is 35.5 Å². The summed E-state index contributed by atoms with van der Waals surface area (Å²) in [5.74, 6) is 1.54. The second-order valence-electron chi connectivity index (χ2n) is 7.46. The van der Waals surface area contributed by atoms with E-state index in [1.807, 2.05) is 58.0 Å². The Kier molecular flexibility index (Phi) is 14.8. The number of hydrogen-bond acceptors (Lipinski definition) is 4. The fourth-order valence-corrected chi connectivity index (χ4v) is 3.21. The van der Waals surface area contributed by atoms with Gasteiger partial charge in [0.15, 0.2) is 0 Å². The van der Waals surface area contributed by atoms with E-state index in [1.165, 1.54) is 18.4 Å². The Bertz CT molecular complexity index is 979. The maximum atomic E-state index is 8.94. The molecule has 0 spiro atoms. The van der Waals surface area contributed by atoms with Gasteiger partial charge in [0.2, 0.25) is 0 Å². The van der Waals surface area contributed by atoms with Crippen molar-refractivity contribution < 1.29 is 9.47 Å². The average molecular weight is 471 g/mol. The molecule has 4 heteroatoms. The van der Waals surface area contributed by atoms with Crippen molar-refractivity contribution in [3.05, 3.63) is 94.5 Å². The van der Waals surface area contributed by atoms with Gasteiger partial charge in [-0.1, -0.05) is 71.7 Å². The SMILES string of the molecule is CC.CC.CCCCCc1cc(OCc2ccc(C#N)cc2)cc(OCc2ccc(C#N)cc2)c1. The molecule has 3 aromatic rings. The first-order chi connectivity index (χ1) is 17.2. The minimum atomic E-state index is 0.430. The molecule has 4 nitrogen and oxygen atoms in total. The van der Waals surface area contributed by atoms with Gasteiger partial charge in [0.25, 0.3) is 0 Å². The number of rotatable bonds is 10. The van der Waals surface area contributed by atoms with Crippen molar-refractivity contribution in [1.29, 1.82) is 10.5 Å². The number of nitrogens with zero attached hydrogens (tertiary/aromatic N) is 2. The summed E-state index contributed by atoms with van der Waals surface area (Å²) in [7, 11) is 0. The van der Waals surface area contributed by atoms with Crippen molar-refractivity contribution in [2.45, 2.75) is 73.5 Å². The summed E-state index contributed by atoms with van der Waals surface area (Å²) in [5.41, 5.74) is 4.49. The summed E-state index contributed by atoms with van der Waals surface area (Å²) in [6.45, 7) is 11.1. The molecule has 0 N–H and O–H groups in total. The second-order valence-corrected chi connectivity index (χ2v) is 7.46. The fourth-order valence-electron chi connectivity index (χ4n) is 3.21. The molecule has 3 rings (SSSR count). The lowest BCUT2D eigenvalue weighted by Gasteiger charge is -2.13. The van der Waals surface area contributed by atoms with E-state index >= 15 is 0 Å². The summed E-state index contributed by atoms with van der Waals surface area (Å²) >= 11 is 0. The van der Waals surface area contributed by atoms with Gasteiger partial charge in [0.1, 0.15) is 24.7 Å². The molecule has 0 aliphatic heterocycles. The van der Waals surface area contributed by atoms with Crippen molar-refractivity contribution in [2.75, 3.05) is 0 Å². The van der Waals surface area contributed by atoms with Gasteiger partial charge in [-0.2, -0.15) is 10.5 Å². The normalized spacial score (nSPS) is 9.34. The number of unbranched alkanes of at least 4 members (excludes halogenated alkanes) is 2. The largest absolute Gasteiger partial charge is 0.489 e. The topological polar surface area (TPSA) is 66.0 Å². The van der Waals surface area contributed by atoms with E-state index in [4.69, 9.17) is 20.0 Å². The monoisotopic (exact) mass is 470 g/mol. The van der Waals surface area contributed by atoms with Crippen LogP contribution in [0.25, 0.3) is 0 Å². The Balaban J connectivity index is 0.00000145. The molecule has 0 saturated carbocycles. The molecule has 0 radical (unpaired) electrons. The van der Waals surface area contributed by atoms with Crippen molar-refractivity contribution in [1.82, 2.24) is 0 Å². The number of aryl methyl sites for hydroxylation is 1. The van der Waals surface area contributed by atoms with Crippen molar-refractivity contribution in [3.63, 3.8) is 0 Å². The third-order valence-electron chi connectivity index (χ3n) is 4.99. The molecule has 184 valence electrons. The molecule has 35 heavy (non-hydrogen) atoms. The minimum Gasteiger partial charge on any atom is -0.489 e. The van der Waals surface area contributed by atoms with Gasteiger partial charge >= 0.3 is 0 Å². The van der Waals surface area contributed by atoms with Crippen LogP contribution in [-0.2, 0) is 19.6 Å². The fraction of sp³-hybridized carbons (Fsp3) is 0.355. The number of benzene rings is 3. The quantitative estimate of drug-likeness (QED) is 0.279. The van der Waals surface area contributed by atoms with Gasteiger partial charge in [-0.3, -0.25) is 0 Å². The molecule has 0 aromatic heterocycles. The van der Waals surface area contributed by atoms with Crippen LogP contribution < -0.4 is 9.47 Å². The van der Waals surface area contributed by atoms with Gasteiger partial charge < -0.3 is 9.47 Å². The maximum absolute atomic E-state index is 8.94. The Morgan fingerprint density at radius 2 is 1.03 bits per heavy atom. The Morgan fingerprint density at radius 1 is 0.600 bits per heavy atom. The summed E-state index contributed by atoms with van der Waals surface area (Å²) in [4.78, 5) is 0. The standard InChI is InChI=1S/C27H26N2O2.2C2H6/c1-2-3-4-5-25-14-26(30-19-23-10-6-21(17-28)7-11-23)16-27(15-25)31-20-24-12-8-22(18-29)9-13-24;2*1-2/h6-16H,2-5,19-20H2,1H3;2*1-2H3. The van der Waals surface area contributed by atoms with Crippen LogP contribution in [0.4, 0.5) is 0 Å². The van der Waals surface area contributed by atoms with Crippen LogP contribution in [0.1, 0.15) is 81.7 Å². The van der Waals surface area contributed by atoms with E-state index in [1.54, 1.807) is 24.3 Å². The predicted octanol–water partition coefficient (Wildman–Crippen LogP) is 8.37. The van der Waals surface area contributed by atoms with Crippen LogP contribution in [0.3, 0.4) is 0 Å². The first-order valence-corrected chi connectivity index (χ1v) is 12.6. The number of ether oxygens (including phenoxy) is 2. The lowest BCUT2D eigenvalue weighted by Crippen LogP contribution is -2.00. The molecule has 0 aliphatic carbocycles. The van der Waals surface area contributed by atoms with Gasteiger partial charge in [-0.15, -0.1) is 0 Å². The molecule has 0 aliphatic rings. The molecule has 3 aromatic carbocycles. The number of nitriles is 2. The highest BCUT2D eigenvalue weighted by molar-refractivity contribution is 5.39. The van der Waals surface area contributed by atoms with Crippen molar-refractivity contribution in [2.24, 2.45) is 0 Å². The van der Waals surface area contributed by atoms with Crippen LogP contribution in [0.2, 0.25) is 0 Å². The van der Waals surface area contributed by atoms with Gasteiger partial charge in [0, 0.05) is 6.07 Å². The van der Waals surface area contributed by atoms with Gasteiger partial charge in [-0.05, 0) is 65.9 Å². The molecule has 0 amide bonds. The van der Waals surface area contributed by atoms with Crippen LogP contribution >= 0.6 is 0 Å². The summed E-state index contributed by atoms with van der Waals surface area (Å²) in [6, 6.07) is 25.1. The van der Waals surface area contributed by atoms with E-state index < -0.39 is 0 Å². The van der Waals surface area contributed by atoms with E-state index in [-0.39, 0.29) is 0 Å². The van der Waals surface area contributed by atoms with Crippen molar-refractivity contribution in [3.8, 4) is 23.6 Å². The third-order valence-corrected chi connectivity index (χ3v) is 4.99. The second kappa shape index (κ2) is 17.7. The highest BCUT2D eigenvalue weighted by Crippen LogP contribution is 2.26. The first kappa shape index (κ1) is 29.3. The zero-order valence-corrected chi connectivity index (χ0v) is 21.8. The highest BCUT2D eigenvalue weighted by Gasteiger charge is 2.06. The Morgan fingerprint density at radius 3 is 1.40 bits per heavy atom. The Labute approximate surface area is 211 Å².